The SMILES string of the molecule is C=CC1COC(=O)C1Sc1ccccc1. The number of thioether (sulfide) groups is 1. The number of benzene rings is 1. The van der Waals surface area contributed by atoms with E-state index in [2.05, 4.69) is 6.58 Å². The minimum Gasteiger partial charge on any atom is -0.464 e. The van der Waals surface area contributed by atoms with Crippen LogP contribution in [-0.4, -0.2) is 17.8 Å². The van der Waals surface area contributed by atoms with Crippen molar-refractivity contribution in [2.24, 2.45) is 5.92 Å². The smallest absolute Gasteiger partial charge is 0.320 e. The summed E-state index contributed by atoms with van der Waals surface area (Å²) in [5.41, 5.74) is 0. The van der Waals surface area contributed by atoms with Gasteiger partial charge in [0.25, 0.3) is 0 Å². The number of ether oxygens (including phenoxy) is 1. The van der Waals surface area contributed by atoms with Crippen molar-refractivity contribution in [1.29, 1.82) is 0 Å². The fourth-order valence-corrected chi connectivity index (χ4v) is 2.63. The Morgan fingerprint density at radius 2 is 2.13 bits per heavy atom. The molecule has 2 rings (SSSR count). The number of hydrogen-bond acceptors (Lipinski definition) is 3. The minimum absolute atomic E-state index is 0.128. The zero-order valence-electron chi connectivity index (χ0n) is 8.26. The zero-order chi connectivity index (χ0) is 10.7. The van der Waals surface area contributed by atoms with Crippen LogP contribution in [0.3, 0.4) is 0 Å². The van der Waals surface area contributed by atoms with Crippen LogP contribution in [-0.2, 0) is 9.53 Å². The molecule has 1 saturated heterocycles. The van der Waals surface area contributed by atoms with Crippen LogP contribution in [0, 0.1) is 5.92 Å². The Morgan fingerprint density at radius 3 is 2.80 bits per heavy atom. The standard InChI is InChI=1S/C12H12O2S/c1-2-9-8-14-12(13)11(9)15-10-6-4-3-5-7-10/h2-7,9,11H,1,8H2. The molecule has 1 heterocycles. The van der Waals surface area contributed by atoms with Crippen LogP contribution < -0.4 is 0 Å². The van der Waals surface area contributed by atoms with Gasteiger partial charge in [0.2, 0.25) is 0 Å². The van der Waals surface area contributed by atoms with Gasteiger partial charge in [0, 0.05) is 10.8 Å². The molecule has 1 aliphatic rings. The van der Waals surface area contributed by atoms with E-state index in [1.165, 1.54) is 0 Å². The molecule has 2 unspecified atom stereocenters. The Balaban J connectivity index is 2.10. The van der Waals surface area contributed by atoms with E-state index in [1.807, 2.05) is 30.3 Å². The van der Waals surface area contributed by atoms with Crippen molar-refractivity contribution in [3.05, 3.63) is 43.0 Å². The average molecular weight is 220 g/mol. The first kappa shape index (κ1) is 10.3. The monoisotopic (exact) mass is 220 g/mol. The van der Waals surface area contributed by atoms with Gasteiger partial charge in [0.1, 0.15) is 5.25 Å². The fourth-order valence-electron chi connectivity index (χ4n) is 1.50. The van der Waals surface area contributed by atoms with Gasteiger partial charge in [0.05, 0.1) is 6.61 Å². The maximum Gasteiger partial charge on any atom is 0.320 e. The molecule has 0 saturated carbocycles. The lowest BCUT2D eigenvalue weighted by molar-refractivity contribution is -0.137. The molecule has 1 fully saturated rings. The molecule has 1 aliphatic heterocycles. The molecule has 0 amide bonds. The summed E-state index contributed by atoms with van der Waals surface area (Å²) in [6, 6.07) is 9.88. The Morgan fingerprint density at radius 1 is 1.40 bits per heavy atom. The summed E-state index contributed by atoms with van der Waals surface area (Å²) in [6.45, 7) is 4.19. The first-order valence-corrected chi connectivity index (χ1v) is 5.70. The number of carbonyl (C=O) groups excluding carboxylic acids is 1. The molecule has 2 atom stereocenters. The van der Waals surface area contributed by atoms with Crippen molar-refractivity contribution in [1.82, 2.24) is 0 Å². The van der Waals surface area contributed by atoms with E-state index in [1.54, 1.807) is 17.8 Å². The summed E-state index contributed by atoms with van der Waals surface area (Å²) in [7, 11) is 0. The van der Waals surface area contributed by atoms with Gasteiger partial charge in [0.15, 0.2) is 0 Å². The first-order valence-electron chi connectivity index (χ1n) is 4.82. The highest BCUT2D eigenvalue weighted by atomic mass is 32.2. The second-order valence-corrected chi connectivity index (χ2v) is 4.60. The van der Waals surface area contributed by atoms with Gasteiger partial charge >= 0.3 is 5.97 Å². The van der Waals surface area contributed by atoms with Crippen LogP contribution in [0.4, 0.5) is 0 Å². The quantitative estimate of drug-likeness (QED) is 0.578. The van der Waals surface area contributed by atoms with E-state index in [-0.39, 0.29) is 17.1 Å². The summed E-state index contributed by atoms with van der Waals surface area (Å²) in [4.78, 5) is 12.5. The molecular weight excluding hydrogens is 208 g/mol. The van der Waals surface area contributed by atoms with E-state index in [0.29, 0.717) is 6.61 Å². The lowest BCUT2D eigenvalue weighted by Crippen LogP contribution is -2.16. The van der Waals surface area contributed by atoms with Crippen molar-refractivity contribution < 1.29 is 9.53 Å². The van der Waals surface area contributed by atoms with E-state index >= 15 is 0 Å². The number of esters is 1. The van der Waals surface area contributed by atoms with Gasteiger partial charge in [-0.05, 0) is 12.1 Å². The zero-order valence-corrected chi connectivity index (χ0v) is 9.07. The third-order valence-corrected chi connectivity index (χ3v) is 3.69. The fraction of sp³-hybridized carbons (Fsp3) is 0.250. The van der Waals surface area contributed by atoms with Crippen molar-refractivity contribution >= 4 is 17.7 Å². The van der Waals surface area contributed by atoms with Crippen LogP contribution in [0.5, 0.6) is 0 Å². The topological polar surface area (TPSA) is 26.3 Å². The van der Waals surface area contributed by atoms with Crippen molar-refractivity contribution in [2.45, 2.75) is 10.1 Å². The summed E-state index contributed by atoms with van der Waals surface area (Å²) >= 11 is 1.55. The third-order valence-electron chi connectivity index (χ3n) is 2.35. The Kier molecular flexibility index (Phi) is 3.11. The molecule has 78 valence electrons. The van der Waals surface area contributed by atoms with Gasteiger partial charge in [-0.1, -0.05) is 24.3 Å². The first-order chi connectivity index (χ1) is 7.31. The molecule has 1 aromatic rings. The predicted octanol–water partition coefficient (Wildman–Crippen LogP) is 2.51. The van der Waals surface area contributed by atoms with Crippen LogP contribution in [0.25, 0.3) is 0 Å². The van der Waals surface area contributed by atoms with Crippen molar-refractivity contribution in [2.75, 3.05) is 6.61 Å². The number of rotatable bonds is 3. The summed E-state index contributed by atoms with van der Waals surface area (Å²) < 4.78 is 5.01. The van der Waals surface area contributed by atoms with Crippen LogP contribution in [0.1, 0.15) is 0 Å². The Labute approximate surface area is 93.3 Å². The molecule has 0 spiro atoms. The normalized spacial score (nSPS) is 24.9. The van der Waals surface area contributed by atoms with Crippen LogP contribution >= 0.6 is 11.8 Å². The summed E-state index contributed by atoms with van der Waals surface area (Å²) in [5, 5.41) is -0.134. The summed E-state index contributed by atoms with van der Waals surface area (Å²) in [6.07, 6.45) is 1.80. The molecule has 0 bridgehead atoms. The maximum absolute atomic E-state index is 11.5. The second kappa shape index (κ2) is 4.53. The van der Waals surface area contributed by atoms with Crippen molar-refractivity contribution in [3.8, 4) is 0 Å². The van der Waals surface area contributed by atoms with E-state index in [0.717, 1.165) is 4.90 Å². The van der Waals surface area contributed by atoms with Gasteiger partial charge in [-0.25, -0.2) is 0 Å². The number of carbonyl (C=O) groups is 1. The predicted molar refractivity (Wildman–Crippen MR) is 60.7 cm³/mol. The largest absolute Gasteiger partial charge is 0.464 e. The number of cyclic esters (lactones) is 1. The minimum atomic E-state index is -0.134. The van der Waals surface area contributed by atoms with Crippen LogP contribution in [0.15, 0.2) is 47.9 Å². The lowest BCUT2D eigenvalue weighted by Gasteiger charge is -2.10. The molecule has 0 aliphatic carbocycles. The third kappa shape index (κ3) is 2.23. The highest BCUT2D eigenvalue weighted by Gasteiger charge is 2.35. The Hall–Kier alpha value is -1.22. The molecule has 15 heavy (non-hydrogen) atoms. The maximum atomic E-state index is 11.5. The van der Waals surface area contributed by atoms with Crippen molar-refractivity contribution in [3.63, 3.8) is 0 Å². The molecule has 0 radical (unpaired) electrons. The molecule has 2 nitrogen and oxygen atoms in total. The highest BCUT2D eigenvalue weighted by molar-refractivity contribution is 8.00. The molecule has 3 heteroatoms. The molecule has 0 N–H and O–H groups in total. The van der Waals surface area contributed by atoms with Gasteiger partial charge in [-0.2, -0.15) is 0 Å². The molecule has 1 aromatic carbocycles. The van der Waals surface area contributed by atoms with Gasteiger partial charge < -0.3 is 4.74 Å². The van der Waals surface area contributed by atoms with Gasteiger partial charge in [-0.15, -0.1) is 18.3 Å². The summed E-state index contributed by atoms with van der Waals surface area (Å²) in [5.74, 6) is -0.00328. The molecule has 0 aromatic heterocycles. The average Bonchev–Trinajstić information content (AvgIpc) is 2.62. The molecular formula is C12H12O2S. The van der Waals surface area contributed by atoms with Crippen LogP contribution in [0.2, 0.25) is 0 Å². The van der Waals surface area contributed by atoms with E-state index < -0.39 is 0 Å². The lowest BCUT2D eigenvalue weighted by atomic mass is 10.1. The Bertz CT molecular complexity index is 361. The highest BCUT2D eigenvalue weighted by Crippen LogP contribution is 2.33. The van der Waals surface area contributed by atoms with Gasteiger partial charge in [-0.3, -0.25) is 4.79 Å². The second-order valence-electron chi connectivity index (χ2n) is 3.38. The van der Waals surface area contributed by atoms with E-state index in [9.17, 15) is 4.79 Å². The van der Waals surface area contributed by atoms with E-state index in [4.69, 9.17) is 4.74 Å². The number of hydrogen-bond donors (Lipinski definition) is 0.